The van der Waals surface area contributed by atoms with Crippen molar-refractivity contribution in [2.75, 3.05) is 36.6 Å². The number of hydrogen-bond acceptors (Lipinski definition) is 7. The van der Waals surface area contributed by atoms with Gasteiger partial charge in [0.05, 0.1) is 11.4 Å². The van der Waals surface area contributed by atoms with Gasteiger partial charge in [0.25, 0.3) is 5.91 Å². The molecule has 0 aliphatic carbocycles. The predicted octanol–water partition coefficient (Wildman–Crippen LogP) is 3.65. The average Bonchev–Trinajstić information content (AvgIpc) is 2.81. The van der Waals surface area contributed by atoms with Crippen LogP contribution in [0.25, 0.3) is 11.1 Å². The first-order valence-corrected chi connectivity index (χ1v) is 10.8. The van der Waals surface area contributed by atoms with E-state index in [4.69, 9.17) is 20.9 Å². The molecular weight excluding hydrogens is 444 g/mol. The second-order valence-corrected chi connectivity index (χ2v) is 7.83. The molecule has 0 radical (unpaired) electrons. The molecule has 4 rings (SSSR count). The first kappa shape index (κ1) is 23.4. The van der Waals surface area contributed by atoms with Gasteiger partial charge in [0.1, 0.15) is 11.6 Å². The van der Waals surface area contributed by atoms with Crippen LogP contribution in [0.4, 0.5) is 26.2 Å². The first-order chi connectivity index (χ1) is 16.3. The molecule has 0 bridgehead atoms. The van der Waals surface area contributed by atoms with Gasteiger partial charge in [-0.15, -0.1) is 0 Å². The topological polar surface area (TPSA) is 117 Å². The summed E-state index contributed by atoms with van der Waals surface area (Å²) >= 11 is 0. The van der Waals surface area contributed by atoms with Gasteiger partial charge in [-0.2, -0.15) is 4.98 Å². The third-order valence-corrected chi connectivity index (χ3v) is 5.61. The molecule has 2 heterocycles. The summed E-state index contributed by atoms with van der Waals surface area (Å²) in [7, 11) is 1.58. The molecule has 2 aromatic carbocycles. The summed E-state index contributed by atoms with van der Waals surface area (Å²) in [6.07, 6.45) is 0.0188. The molecule has 0 fully saturated rings. The number of anilines is 3. The van der Waals surface area contributed by atoms with Crippen LogP contribution in [0.3, 0.4) is 0 Å². The monoisotopic (exact) mass is 469 g/mol. The number of methoxy groups -OCH3 is 1. The Morgan fingerprint density at radius 2 is 1.91 bits per heavy atom. The first-order valence-electron chi connectivity index (χ1n) is 10.8. The van der Waals surface area contributed by atoms with Crippen molar-refractivity contribution in [2.24, 2.45) is 0 Å². The lowest BCUT2D eigenvalue weighted by Gasteiger charge is -2.35. The van der Waals surface area contributed by atoms with E-state index in [2.05, 4.69) is 9.97 Å². The van der Waals surface area contributed by atoms with Crippen LogP contribution in [0.2, 0.25) is 0 Å². The average molecular weight is 469 g/mol. The van der Waals surface area contributed by atoms with Gasteiger partial charge < -0.3 is 25.8 Å². The normalized spacial score (nSPS) is 15.2. The molecule has 0 spiro atoms. The Kier molecular flexibility index (Phi) is 6.60. The summed E-state index contributed by atoms with van der Waals surface area (Å²) < 4.78 is 38.4. The second-order valence-electron chi connectivity index (χ2n) is 7.83. The van der Waals surface area contributed by atoms with E-state index in [1.54, 1.807) is 30.2 Å². The Morgan fingerprint density at radius 1 is 1.12 bits per heavy atom. The van der Waals surface area contributed by atoms with Crippen molar-refractivity contribution in [3.8, 4) is 16.9 Å². The van der Waals surface area contributed by atoms with Gasteiger partial charge in [0, 0.05) is 31.4 Å². The van der Waals surface area contributed by atoms with Crippen molar-refractivity contribution < 1.29 is 23.0 Å². The highest BCUT2D eigenvalue weighted by molar-refractivity contribution is 6.01. The number of rotatable bonds is 7. The van der Waals surface area contributed by atoms with Gasteiger partial charge in [0.2, 0.25) is 12.1 Å². The zero-order chi connectivity index (χ0) is 24.4. The quantitative estimate of drug-likeness (QED) is 0.507. The van der Waals surface area contributed by atoms with Crippen LogP contribution in [0.15, 0.2) is 36.4 Å². The fraction of sp³-hybridized carbons (Fsp3) is 0.292. The molecule has 8 nitrogen and oxygen atoms in total. The molecule has 1 atom stereocenters. The Labute approximate surface area is 195 Å². The maximum atomic E-state index is 13.9. The number of benzene rings is 2. The summed E-state index contributed by atoms with van der Waals surface area (Å²) in [6.45, 7) is 2.70. The molecule has 1 aromatic heterocycles. The van der Waals surface area contributed by atoms with E-state index in [1.807, 2.05) is 6.92 Å². The molecule has 178 valence electrons. The second kappa shape index (κ2) is 9.60. The Bertz CT molecular complexity index is 1240. The smallest absolute Gasteiger partial charge is 0.272 e. The number of fused-ring (bicyclic) bond motifs is 1. The number of carbonyl (C=O) groups is 1. The van der Waals surface area contributed by atoms with Gasteiger partial charge in [-0.05, 0) is 42.7 Å². The number of ether oxygens (including phenoxy) is 2. The molecule has 34 heavy (non-hydrogen) atoms. The van der Waals surface area contributed by atoms with Crippen LogP contribution < -0.4 is 21.1 Å². The molecule has 0 saturated heterocycles. The molecule has 1 aliphatic heterocycles. The highest BCUT2D eigenvalue weighted by Crippen LogP contribution is 2.42. The predicted molar refractivity (Wildman–Crippen MR) is 124 cm³/mol. The lowest BCUT2D eigenvalue weighted by atomic mass is 9.99. The number of nitrogens with zero attached hydrogens (tertiary/aromatic N) is 3. The molecule has 1 amide bonds. The zero-order valence-corrected chi connectivity index (χ0v) is 18.8. The van der Waals surface area contributed by atoms with E-state index in [9.17, 15) is 13.6 Å². The largest absolute Gasteiger partial charge is 0.474 e. The minimum Gasteiger partial charge on any atom is -0.474 e. The minimum atomic E-state index is -1.12. The Hall–Kier alpha value is -3.79. The molecule has 10 heteroatoms. The van der Waals surface area contributed by atoms with E-state index < -0.39 is 23.6 Å². The van der Waals surface area contributed by atoms with Crippen molar-refractivity contribution in [3.63, 3.8) is 0 Å². The summed E-state index contributed by atoms with van der Waals surface area (Å²) in [5.74, 6) is -1.70. The SMILES string of the molecule is CCc1nc(N)nc(N)c1-c1ccc2c(c1)N(CCCOC)C(=O)C(c1ccc(F)c(F)c1)O2. The Balaban J connectivity index is 1.79. The summed E-state index contributed by atoms with van der Waals surface area (Å²) in [5.41, 5.74) is 14.7. The van der Waals surface area contributed by atoms with E-state index in [0.29, 0.717) is 54.3 Å². The van der Waals surface area contributed by atoms with Crippen LogP contribution in [0, 0.1) is 11.6 Å². The van der Waals surface area contributed by atoms with Crippen LogP contribution in [0.1, 0.15) is 30.7 Å². The molecule has 1 aliphatic rings. The van der Waals surface area contributed by atoms with Crippen LogP contribution in [-0.2, 0) is 16.0 Å². The molecular formula is C24H25F2N5O3. The van der Waals surface area contributed by atoms with Gasteiger partial charge in [0.15, 0.2) is 11.6 Å². The van der Waals surface area contributed by atoms with Crippen LogP contribution >= 0.6 is 0 Å². The van der Waals surface area contributed by atoms with Gasteiger partial charge in [-0.25, -0.2) is 13.8 Å². The highest BCUT2D eigenvalue weighted by atomic mass is 19.2. The summed E-state index contributed by atoms with van der Waals surface area (Å²) in [6, 6.07) is 8.58. The number of nitrogens with two attached hydrogens (primary N) is 2. The fourth-order valence-corrected chi connectivity index (χ4v) is 4.02. The van der Waals surface area contributed by atoms with E-state index in [0.717, 1.165) is 12.1 Å². The summed E-state index contributed by atoms with van der Waals surface area (Å²) in [5, 5.41) is 0. The zero-order valence-electron chi connectivity index (χ0n) is 18.8. The highest BCUT2D eigenvalue weighted by Gasteiger charge is 2.36. The van der Waals surface area contributed by atoms with E-state index in [1.165, 1.54) is 6.07 Å². The number of halogens is 2. The van der Waals surface area contributed by atoms with Gasteiger partial charge in [-0.1, -0.05) is 19.1 Å². The third-order valence-electron chi connectivity index (χ3n) is 5.61. The summed E-state index contributed by atoms with van der Waals surface area (Å²) in [4.78, 5) is 23.4. The maximum Gasteiger partial charge on any atom is 0.272 e. The standard InChI is InChI=1S/C24H25F2N5O3/c1-3-17-20(22(27)30-24(28)29-17)13-6-8-19-18(12-13)31(9-4-10-33-2)23(32)21(34-19)14-5-7-15(25)16(26)11-14/h5-8,11-12,21H,3-4,9-10H2,1-2H3,(H4,27,28,29,30). The maximum absolute atomic E-state index is 13.9. The van der Waals surface area contributed by atoms with E-state index in [-0.39, 0.29) is 17.3 Å². The lowest BCUT2D eigenvalue weighted by Crippen LogP contribution is -2.42. The number of nitrogen functional groups attached to an aromatic ring is 2. The van der Waals surface area contributed by atoms with Gasteiger partial charge in [-0.3, -0.25) is 4.79 Å². The van der Waals surface area contributed by atoms with Crippen molar-refractivity contribution in [1.82, 2.24) is 9.97 Å². The van der Waals surface area contributed by atoms with Crippen molar-refractivity contribution >= 4 is 23.4 Å². The number of aromatic nitrogens is 2. The number of carbonyl (C=O) groups excluding carboxylic acids is 1. The lowest BCUT2D eigenvalue weighted by molar-refractivity contribution is -0.126. The van der Waals surface area contributed by atoms with Crippen molar-refractivity contribution in [2.45, 2.75) is 25.9 Å². The molecule has 0 saturated carbocycles. The molecule has 3 aromatic rings. The van der Waals surface area contributed by atoms with Crippen molar-refractivity contribution in [1.29, 1.82) is 0 Å². The minimum absolute atomic E-state index is 0.0881. The van der Waals surface area contributed by atoms with Gasteiger partial charge >= 0.3 is 0 Å². The molecule has 1 unspecified atom stereocenters. The fourth-order valence-electron chi connectivity index (χ4n) is 4.02. The molecule has 4 N–H and O–H groups in total. The number of hydrogen-bond donors (Lipinski definition) is 2. The van der Waals surface area contributed by atoms with E-state index >= 15 is 0 Å². The van der Waals surface area contributed by atoms with Crippen molar-refractivity contribution in [3.05, 3.63) is 59.3 Å². The van der Waals surface area contributed by atoms with Crippen LogP contribution in [0.5, 0.6) is 5.75 Å². The number of aryl methyl sites for hydroxylation is 1. The number of amides is 1. The Morgan fingerprint density at radius 3 is 2.62 bits per heavy atom. The van der Waals surface area contributed by atoms with Crippen LogP contribution in [-0.4, -0.2) is 36.1 Å². The third kappa shape index (κ3) is 4.36.